The summed E-state index contributed by atoms with van der Waals surface area (Å²) in [4.78, 5) is 41.4. The van der Waals surface area contributed by atoms with Crippen molar-refractivity contribution in [3.63, 3.8) is 0 Å². The van der Waals surface area contributed by atoms with Crippen LogP contribution in [0, 0.1) is 5.92 Å². The smallest absolute Gasteiger partial charge is 0.249 e. The number of hydrogen-bond donors (Lipinski definition) is 3. The van der Waals surface area contributed by atoms with Gasteiger partial charge in [-0.25, -0.2) is 0 Å². The second-order valence-electron chi connectivity index (χ2n) is 10.2. The second kappa shape index (κ2) is 11.4. The SMILES string of the molecule is NC(=O)C1CCN(C(=O)[C@H](Cc2ccccc2)NC2(Cc3cccc(Cl)c3)C(=O)Nc3cc(Cl)ccc32)CC1. The molecule has 5 rings (SSSR count). The zero-order valence-corrected chi connectivity index (χ0v) is 22.8. The van der Waals surface area contributed by atoms with Crippen LogP contribution >= 0.6 is 23.2 Å². The quantitative estimate of drug-likeness (QED) is 0.379. The molecule has 4 N–H and O–H groups in total. The molecule has 0 aliphatic carbocycles. The van der Waals surface area contributed by atoms with Crippen molar-refractivity contribution in [1.82, 2.24) is 10.2 Å². The molecule has 1 unspecified atom stereocenters. The molecule has 3 amide bonds. The summed E-state index contributed by atoms with van der Waals surface area (Å²) < 4.78 is 0. The van der Waals surface area contributed by atoms with Crippen molar-refractivity contribution in [3.05, 3.63) is 99.5 Å². The molecule has 1 saturated heterocycles. The lowest BCUT2D eigenvalue weighted by atomic mass is 9.83. The van der Waals surface area contributed by atoms with Crippen molar-refractivity contribution in [1.29, 1.82) is 0 Å². The molecule has 39 heavy (non-hydrogen) atoms. The number of primary amides is 1. The number of piperidine rings is 1. The van der Waals surface area contributed by atoms with Crippen LogP contribution in [0.25, 0.3) is 0 Å². The molecule has 3 aromatic carbocycles. The number of halogens is 2. The van der Waals surface area contributed by atoms with Crippen molar-refractivity contribution < 1.29 is 14.4 Å². The molecule has 202 valence electrons. The van der Waals surface area contributed by atoms with Gasteiger partial charge < -0.3 is 16.0 Å². The first kappa shape index (κ1) is 27.2. The van der Waals surface area contributed by atoms with Crippen LogP contribution < -0.4 is 16.4 Å². The lowest BCUT2D eigenvalue weighted by Crippen LogP contribution is -2.60. The van der Waals surface area contributed by atoms with E-state index in [-0.39, 0.29) is 30.1 Å². The molecule has 2 aliphatic heterocycles. The number of fused-ring (bicyclic) bond motifs is 1. The van der Waals surface area contributed by atoms with Crippen LogP contribution in [0.15, 0.2) is 72.8 Å². The first-order valence-corrected chi connectivity index (χ1v) is 13.8. The van der Waals surface area contributed by atoms with E-state index >= 15 is 0 Å². The zero-order chi connectivity index (χ0) is 27.6. The van der Waals surface area contributed by atoms with Gasteiger partial charge in [0.2, 0.25) is 17.7 Å². The number of benzene rings is 3. The Morgan fingerprint density at radius 1 is 0.974 bits per heavy atom. The van der Waals surface area contributed by atoms with Gasteiger partial charge in [0.15, 0.2) is 0 Å². The molecule has 2 aliphatic rings. The zero-order valence-electron chi connectivity index (χ0n) is 21.3. The summed E-state index contributed by atoms with van der Waals surface area (Å²) >= 11 is 12.6. The fourth-order valence-electron chi connectivity index (χ4n) is 5.62. The van der Waals surface area contributed by atoms with Gasteiger partial charge in [-0.2, -0.15) is 0 Å². The van der Waals surface area contributed by atoms with Gasteiger partial charge >= 0.3 is 0 Å². The summed E-state index contributed by atoms with van der Waals surface area (Å²) in [5.74, 6) is -0.957. The third-order valence-electron chi connectivity index (χ3n) is 7.65. The number of hydrogen-bond acceptors (Lipinski definition) is 4. The minimum Gasteiger partial charge on any atom is -0.369 e. The maximum atomic E-state index is 14.1. The molecule has 9 heteroatoms. The van der Waals surface area contributed by atoms with Crippen LogP contribution in [0.2, 0.25) is 10.0 Å². The second-order valence-corrected chi connectivity index (χ2v) is 11.1. The van der Waals surface area contributed by atoms with Crippen molar-refractivity contribution in [3.8, 4) is 0 Å². The largest absolute Gasteiger partial charge is 0.369 e. The molecule has 0 radical (unpaired) electrons. The van der Waals surface area contributed by atoms with Crippen LogP contribution in [0.3, 0.4) is 0 Å². The number of amides is 3. The Balaban J connectivity index is 1.53. The number of carbonyl (C=O) groups excluding carboxylic acids is 3. The van der Waals surface area contributed by atoms with Gasteiger partial charge in [-0.3, -0.25) is 19.7 Å². The normalized spacial score (nSPS) is 19.8. The molecule has 1 fully saturated rings. The summed E-state index contributed by atoms with van der Waals surface area (Å²) in [5.41, 5.74) is 7.40. The van der Waals surface area contributed by atoms with Crippen molar-refractivity contribution in [2.45, 2.75) is 37.3 Å². The van der Waals surface area contributed by atoms with E-state index in [1.165, 1.54) is 0 Å². The molecule has 0 spiro atoms. The average Bonchev–Trinajstić information content (AvgIpc) is 3.18. The van der Waals surface area contributed by atoms with Gasteiger partial charge in [0.1, 0.15) is 5.54 Å². The molecule has 0 aromatic heterocycles. The Labute approximate surface area is 237 Å². The number of anilines is 1. The fraction of sp³-hybridized carbons (Fsp3) is 0.300. The predicted octanol–water partition coefficient (Wildman–Crippen LogP) is 4.31. The number of likely N-dealkylation sites (tertiary alicyclic amines) is 1. The lowest BCUT2D eigenvalue weighted by molar-refractivity contribution is -0.138. The minimum atomic E-state index is -1.24. The van der Waals surface area contributed by atoms with E-state index in [9.17, 15) is 14.4 Å². The van der Waals surface area contributed by atoms with Gasteiger partial charge in [-0.15, -0.1) is 0 Å². The van der Waals surface area contributed by atoms with E-state index < -0.39 is 11.6 Å². The van der Waals surface area contributed by atoms with Crippen LogP contribution in [0.1, 0.15) is 29.5 Å². The number of rotatable bonds is 8. The Bertz CT molecular complexity index is 1390. The van der Waals surface area contributed by atoms with Gasteiger partial charge in [0.05, 0.1) is 6.04 Å². The Morgan fingerprint density at radius 2 is 1.67 bits per heavy atom. The highest BCUT2D eigenvalue weighted by Gasteiger charge is 2.49. The van der Waals surface area contributed by atoms with Crippen LogP contribution in [-0.2, 0) is 32.8 Å². The van der Waals surface area contributed by atoms with E-state index in [0.717, 1.165) is 16.7 Å². The first-order valence-electron chi connectivity index (χ1n) is 13.0. The molecule has 7 nitrogen and oxygen atoms in total. The van der Waals surface area contributed by atoms with Crippen LogP contribution in [0.4, 0.5) is 5.69 Å². The van der Waals surface area contributed by atoms with E-state index in [1.807, 2.05) is 54.6 Å². The molecular weight excluding hydrogens is 535 g/mol. The number of nitrogens with two attached hydrogens (primary N) is 1. The lowest BCUT2D eigenvalue weighted by Gasteiger charge is -2.37. The van der Waals surface area contributed by atoms with Gasteiger partial charge in [0.25, 0.3) is 0 Å². The summed E-state index contributed by atoms with van der Waals surface area (Å²) in [6.07, 6.45) is 1.70. The van der Waals surface area contributed by atoms with E-state index in [1.54, 1.807) is 23.1 Å². The average molecular weight is 566 g/mol. The summed E-state index contributed by atoms with van der Waals surface area (Å²) in [6, 6.07) is 21.7. The topological polar surface area (TPSA) is 105 Å². The van der Waals surface area contributed by atoms with Crippen molar-refractivity contribution in [2.75, 3.05) is 18.4 Å². The first-order chi connectivity index (χ1) is 18.7. The standard InChI is InChI=1S/C30H30Cl2N4O3/c31-22-8-4-7-20(15-22)18-30(24-10-9-23(32)17-25(24)34-29(30)39)35-26(16-19-5-2-1-3-6-19)28(38)36-13-11-21(12-14-36)27(33)37/h1-10,15,17,21,26,35H,11-14,16,18H2,(H2,33,37)(H,34,39)/t26-,30?/m0/s1. The summed E-state index contributed by atoms with van der Waals surface area (Å²) in [6.45, 7) is 0.859. The minimum absolute atomic E-state index is 0.123. The highest BCUT2D eigenvalue weighted by atomic mass is 35.5. The summed E-state index contributed by atoms with van der Waals surface area (Å²) in [5, 5.41) is 7.56. The van der Waals surface area contributed by atoms with Crippen LogP contribution in [0.5, 0.6) is 0 Å². The fourth-order valence-corrected chi connectivity index (χ4v) is 6.00. The number of nitrogens with zero attached hydrogens (tertiary/aromatic N) is 1. The maximum Gasteiger partial charge on any atom is 0.249 e. The molecule has 0 saturated carbocycles. The van der Waals surface area contributed by atoms with E-state index in [4.69, 9.17) is 28.9 Å². The number of nitrogens with one attached hydrogen (secondary N) is 2. The van der Waals surface area contributed by atoms with Gasteiger partial charge in [0, 0.05) is 46.7 Å². The summed E-state index contributed by atoms with van der Waals surface area (Å²) in [7, 11) is 0. The molecular formula is C30H30Cl2N4O3. The monoisotopic (exact) mass is 564 g/mol. The Morgan fingerprint density at radius 3 is 2.36 bits per heavy atom. The highest BCUT2D eigenvalue weighted by Crippen LogP contribution is 2.41. The molecule has 2 atom stereocenters. The molecule has 2 heterocycles. The third kappa shape index (κ3) is 5.81. The Kier molecular flexibility index (Phi) is 7.93. The van der Waals surface area contributed by atoms with Crippen molar-refractivity contribution >= 4 is 46.6 Å². The van der Waals surface area contributed by atoms with E-state index in [2.05, 4.69) is 10.6 Å². The van der Waals surface area contributed by atoms with Gasteiger partial charge in [-0.1, -0.05) is 71.7 Å². The van der Waals surface area contributed by atoms with Crippen LogP contribution in [-0.4, -0.2) is 41.8 Å². The molecule has 3 aromatic rings. The Hall–Kier alpha value is -3.39. The highest BCUT2D eigenvalue weighted by molar-refractivity contribution is 6.31. The van der Waals surface area contributed by atoms with Gasteiger partial charge in [-0.05, 0) is 54.7 Å². The third-order valence-corrected chi connectivity index (χ3v) is 8.12. The maximum absolute atomic E-state index is 14.1. The van der Waals surface area contributed by atoms with Crippen molar-refractivity contribution in [2.24, 2.45) is 11.7 Å². The predicted molar refractivity (Wildman–Crippen MR) is 152 cm³/mol. The number of carbonyl (C=O) groups is 3. The van der Waals surface area contributed by atoms with E-state index in [0.29, 0.717) is 48.1 Å². The molecule has 0 bridgehead atoms.